The van der Waals surface area contributed by atoms with Gasteiger partial charge in [-0.25, -0.2) is 14.2 Å². The van der Waals surface area contributed by atoms with E-state index in [0.717, 1.165) is 18.9 Å². The third-order valence-corrected chi connectivity index (χ3v) is 4.84. The Morgan fingerprint density at radius 1 is 1.27 bits per heavy atom. The van der Waals surface area contributed by atoms with Crippen molar-refractivity contribution in [2.24, 2.45) is 11.8 Å². The van der Waals surface area contributed by atoms with Crippen LogP contribution in [0.3, 0.4) is 0 Å². The largest absolute Gasteiger partial charge is 0.490 e. The van der Waals surface area contributed by atoms with E-state index in [-0.39, 0.29) is 17.8 Å². The molecule has 2 aliphatic heterocycles. The predicted molar refractivity (Wildman–Crippen MR) is 96.6 cm³/mol. The summed E-state index contributed by atoms with van der Waals surface area (Å²) < 4.78 is 56.9. The molecule has 0 radical (unpaired) electrons. The van der Waals surface area contributed by atoms with Crippen molar-refractivity contribution in [3.63, 3.8) is 0 Å². The van der Waals surface area contributed by atoms with E-state index in [9.17, 15) is 17.6 Å². The molecule has 0 amide bonds. The van der Waals surface area contributed by atoms with Gasteiger partial charge in [-0.15, -0.1) is 0 Å². The molecule has 4 rings (SSSR count). The van der Waals surface area contributed by atoms with Gasteiger partial charge in [0.25, 0.3) is 0 Å². The number of carbonyl (C=O) groups is 1. The average molecular weight is 429 g/mol. The van der Waals surface area contributed by atoms with E-state index in [1.165, 1.54) is 6.07 Å². The van der Waals surface area contributed by atoms with Crippen molar-refractivity contribution in [1.82, 2.24) is 9.97 Å². The molecule has 162 valence electrons. The Morgan fingerprint density at radius 2 is 2.00 bits per heavy atom. The van der Waals surface area contributed by atoms with Crippen molar-refractivity contribution in [2.45, 2.75) is 12.3 Å². The molecule has 2 saturated heterocycles. The third-order valence-electron chi connectivity index (χ3n) is 4.84. The van der Waals surface area contributed by atoms with Gasteiger partial charge in [-0.3, -0.25) is 4.98 Å². The minimum atomic E-state index is -5.08. The van der Waals surface area contributed by atoms with E-state index in [1.807, 2.05) is 0 Å². The Morgan fingerprint density at radius 3 is 2.63 bits per heavy atom. The quantitative estimate of drug-likeness (QED) is 0.749. The number of aliphatic carboxylic acids is 1. The number of carboxylic acids is 1. The number of nitrogens with zero attached hydrogens (tertiary/aromatic N) is 3. The van der Waals surface area contributed by atoms with E-state index in [0.29, 0.717) is 24.9 Å². The van der Waals surface area contributed by atoms with Gasteiger partial charge in [0.2, 0.25) is 0 Å². The Balaban J connectivity index is 0.000000318. The van der Waals surface area contributed by atoms with Crippen LogP contribution in [-0.4, -0.2) is 59.6 Å². The van der Waals surface area contributed by atoms with Crippen LogP contribution in [0.4, 0.5) is 23.4 Å². The minimum Gasteiger partial charge on any atom is -0.490 e. The molecule has 11 heteroatoms. The number of benzene rings is 1. The van der Waals surface area contributed by atoms with Crippen LogP contribution in [0.15, 0.2) is 42.9 Å². The zero-order chi connectivity index (χ0) is 21.7. The van der Waals surface area contributed by atoms with Crippen LogP contribution < -0.4 is 9.64 Å². The summed E-state index contributed by atoms with van der Waals surface area (Å²) in [5, 5.41) is 7.12. The smallest absolute Gasteiger partial charge is 0.490 e. The van der Waals surface area contributed by atoms with E-state index in [2.05, 4.69) is 14.9 Å². The fraction of sp³-hybridized carbons (Fsp3) is 0.421. The Bertz CT molecular complexity index is 853. The maximum atomic E-state index is 13.6. The summed E-state index contributed by atoms with van der Waals surface area (Å²) in [5.74, 6) is -1.26. The zero-order valence-corrected chi connectivity index (χ0v) is 15.6. The molecule has 2 aromatic rings. The summed E-state index contributed by atoms with van der Waals surface area (Å²) in [5.41, 5.74) is 0. The van der Waals surface area contributed by atoms with Crippen molar-refractivity contribution in [3.05, 3.63) is 48.7 Å². The van der Waals surface area contributed by atoms with Crippen LogP contribution in [0.2, 0.25) is 0 Å². The molecule has 30 heavy (non-hydrogen) atoms. The molecular formula is C19H19F4N3O4. The highest BCUT2D eigenvalue weighted by Gasteiger charge is 2.44. The van der Waals surface area contributed by atoms with Gasteiger partial charge in [-0.05, 0) is 12.1 Å². The molecule has 3 atom stereocenters. The number of carboxylic acid groups (broad SMARTS) is 1. The van der Waals surface area contributed by atoms with Crippen molar-refractivity contribution in [3.8, 4) is 5.75 Å². The molecule has 0 saturated carbocycles. The van der Waals surface area contributed by atoms with Crippen molar-refractivity contribution in [1.29, 1.82) is 0 Å². The molecule has 0 unspecified atom stereocenters. The number of halogens is 4. The summed E-state index contributed by atoms with van der Waals surface area (Å²) in [6, 6.07) is 6.50. The second-order valence-corrected chi connectivity index (χ2v) is 6.81. The summed E-state index contributed by atoms with van der Waals surface area (Å²) in [4.78, 5) is 19.5. The molecular weight excluding hydrogens is 410 g/mol. The molecule has 3 heterocycles. The first kappa shape index (κ1) is 21.8. The highest BCUT2D eigenvalue weighted by molar-refractivity contribution is 5.73. The Kier molecular flexibility index (Phi) is 6.70. The number of fused-ring (bicyclic) bond motifs is 1. The Hall–Kier alpha value is -2.95. The van der Waals surface area contributed by atoms with Crippen LogP contribution in [-0.2, 0) is 9.53 Å². The van der Waals surface area contributed by atoms with Gasteiger partial charge in [0.1, 0.15) is 5.82 Å². The summed E-state index contributed by atoms with van der Waals surface area (Å²) >= 11 is 0. The van der Waals surface area contributed by atoms with Crippen LogP contribution in [0.25, 0.3) is 0 Å². The highest BCUT2D eigenvalue weighted by atomic mass is 19.4. The normalized spacial score (nSPS) is 22.8. The van der Waals surface area contributed by atoms with Crippen LogP contribution in [0.5, 0.6) is 5.75 Å². The molecule has 7 nitrogen and oxygen atoms in total. The van der Waals surface area contributed by atoms with E-state index < -0.39 is 12.1 Å². The lowest BCUT2D eigenvalue weighted by Gasteiger charge is -2.20. The molecule has 1 aromatic heterocycles. The molecule has 1 N–H and O–H groups in total. The summed E-state index contributed by atoms with van der Waals surface area (Å²) in [6.07, 6.45) is 0.239. The van der Waals surface area contributed by atoms with Crippen molar-refractivity contribution >= 4 is 11.8 Å². The topological polar surface area (TPSA) is 84.8 Å². The van der Waals surface area contributed by atoms with Gasteiger partial charge in [-0.1, -0.05) is 12.1 Å². The monoisotopic (exact) mass is 429 g/mol. The molecule has 0 aliphatic carbocycles. The molecule has 0 spiro atoms. The van der Waals surface area contributed by atoms with Gasteiger partial charge in [0.05, 0.1) is 25.5 Å². The van der Waals surface area contributed by atoms with Crippen LogP contribution >= 0.6 is 0 Å². The number of alkyl halides is 3. The van der Waals surface area contributed by atoms with E-state index in [1.54, 1.807) is 36.8 Å². The van der Waals surface area contributed by atoms with Crippen LogP contribution in [0, 0.1) is 17.7 Å². The van der Waals surface area contributed by atoms with Gasteiger partial charge < -0.3 is 19.5 Å². The lowest BCUT2D eigenvalue weighted by atomic mass is 9.94. The average Bonchev–Trinajstić information content (AvgIpc) is 3.29. The van der Waals surface area contributed by atoms with Gasteiger partial charge in [0.15, 0.2) is 11.6 Å². The van der Waals surface area contributed by atoms with Crippen molar-refractivity contribution in [2.75, 3.05) is 31.2 Å². The first-order chi connectivity index (χ1) is 14.3. The lowest BCUT2D eigenvalue weighted by molar-refractivity contribution is -0.192. The standard InChI is InChI=1S/C17H18FN3O2.C2HF3O2/c18-14-3-1-2-4-15(14)22-10-12-11-23-16-9-21(8-13(12)16)17-7-19-5-6-20-17;3-2(4,5)1(6)7/h1-7,12-13,16H,8-11H2;(H,6,7)/t12-,13-,16-;/m1./s1. The van der Waals surface area contributed by atoms with Crippen molar-refractivity contribution < 1.29 is 36.9 Å². The highest BCUT2D eigenvalue weighted by Crippen LogP contribution is 2.35. The number of aromatic nitrogens is 2. The zero-order valence-electron chi connectivity index (χ0n) is 15.6. The van der Waals surface area contributed by atoms with Crippen LogP contribution in [0.1, 0.15) is 0 Å². The number of para-hydroxylation sites is 1. The van der Waals surface area contributed by atoms with E-state index >= 15 is 0 Å². The fourth-order valence-corrected chi connectivity index (χ4v) is 3.37. The SMILES string of the molecule is Fc1ccccc1OC[C@@H]1CO[C@@H]2CN(c3cnccn3)C[C@H]12.O=C(O)C(F)(F)F. The van der Waals surface area contributed by atoms with Gasteiger partial charge in [-0.2, -0.15) is 13.2 Å². The minimum absolute atomic E-state index is 0.186. The third kappa shape index (κ3) is 5.35. The lowest BCUT2D eigenvalue weighted by Crippen LogP contribution is -2.27. The Labute approximate surface area is 169 Å². The van der Waals surface area contributed by atoms with E-state index in [4.69, 9.17) is 19.4 Å². The molecule has 2 aliphatic rings. The maximum Gasteiger partial charge on any atom is 0.490 e. The first-order valence-electron chi connectivity index (χ1n) is 9.05. The number of hydrogen-bond acceptors (Lipinski definition) is 6. The number of hydrogen-bond donors (Lipinski definition) is 1. The molecule has 2 fully saturated rings. The first-order valence-corrected chi connectivity index (χ1v) is 9.05. The fourth-order valence-electron chi connectivity index (χ4n) is 3.37. The second kappa shape index (κ2) is 9.24. The number of rotatable bonds is 4. The molecule has 1 aromatic carbocycles. The maximum absolute atomic E-state index is 13.6. The van der Waals surface area contributed by atoms with Gasteiger partial charge >= 0.3 is 12.1 Å². The predicted octanol–water partition coefficient (Wildman–Crippen LogP) is 2.78. The van der Waals surface area contributed by atoms with Gasteiger partial charge in [0, 0.05) is 37.3 Å². The molecule has 0 bridgehead atoms. The number of ether oxygens (including phenoxy) is 2. The number of anilines is 1. The summed E-state index contributed by atoms with van der Waals surface area (Å²) in [6.45, 7) is 2.82. The second-order valence-electron chi connectivity index (χ2n) is 6.81. The summed E-state index contributed by atoms with van der Waals surface area (Å²) in [7, 11) is 0.